The largest absolute Gasteiger partial charge is 0.382 e. The highest BCUT2D eigenvalue weighted by molar-refractivity contribution is 5.12. The van der Waals surface area contributed by atoms with Gasteiger partial charge < -0.3 is 14.2 Å². The average Bonchev–Trinajstić information content (AvgIpc) is 3.16. The minimum atomic E-state index is 0.653. The van der Waals surface area contributed by atoms with E-state index in [1.54, 1.807) is 14.2 Å². The minimum Gasteiger partial charge on any atom is -0.382 e. The van der Waals surface area contributed by atoms with E-state index in [-0.39, 0.29) is 0 Å². The number of allylic oxidation sites excluding steroid dienone is 8. The summed E-state index contributed by atoms with van der Waals surface area (Å²) in [4.78, 5) is 0. The van der Waals surface area contributed by atoms with Gasteiger partial charge in [-0.1, -0.05) is 48.6 Å². The van der Waals surface area contributed by atoms with Crippen molar-refractivity contribution in [3.05, 3.63) is 48.6 Å². The van der Waals surface area contributed by atoms with Gasteiger partial charge in [-0.2, -0.15) is 0 Å². The van der Waals surface area contributed by atoms with Gasteiger partial charge >= 0.3 is 0 Å². The molecular formula is C16H26O3. The molecule has 2 aliphatic rings. The molecule has 2 rings (SSSR count). The Morgan fingerprint density at radius 2 is 1.00 bits per heavy atom. The molecule has 0 bridgehead atoms. The molecule has 0 aromatic rings. The third-order valence-electron chi connectivity index (χ3n) is 2.17. The summed E-state index contributed by atoms with van der Waals surface area (Å²) in [5, 5.41) is 0. The van der Waals surface area contributed by atoms with E-state index < -0.39 is 0 Å². The van der Waals surface area contributed by atoms with E-state index in [1.165, 1.54) is 0 Å². The molecule has 0 aromatic heterocycles. The zero-order valence-corrected chi connectivity index (χ0v) is 12.1. The van der Waals surface area contributed by atoms with Crippen molar-refractivity contribution in [2.24, 2.45) is 0 Å². The second-order valence-electron chi connectivity index (χ2n) is 3.78. The molecule has 0 saturated heterocycles. The molecule has 0 N–H and O–H groups in total. The van der Waals surface area contributed by atoms with Crippen LogP contribution < -0.4 is 0 Å². The fraction of sp³-hybridized carbons (Fsp3) is 0.500. The molecule has 0 fully saturated rings. The zero-order valence-electron chi connectivity index (χ0n) is 12.1. The SMILES string of the molecule is C1=CCC=C1.C1=CCC=C1.COCCOCCOC. The van der Waals surface area contributed by atoms with Crippen LogP contribution in [-0.4, -0.2) is 40.6 Å². The fourth-order valence-corrected chi connectivity index (χ4v) is 1.17. The summed E-state index contributed by atoms with van der Waals surface area (Å²) in [6, 6.07) is 0. The van der Waals surface area contributed by atoms with E-state index >= 15 is 0 Å². The molecule has 0 aliphatic heterocycles. The number of rotatable bonds is 6. The Hall–Kier alpha value is -1.16. The first-order chi connectivity index (χ1) is 9.41. The van der Waals surface area contributed by atoms with Crippen molar-refractivity contribution in [1.82, 2.24) is 0 Å². The smallest absolute Gasteiger partial charge is 0.0701 e. The molecule has 3 nitrogen and oxygen atoms in total. The molecule has 0 radical (unpaired) electrons. The Labute approximate surface area is 117 Å². The third kappa shape index (κ3) is 16.8. The van der Waals surface area contributed by atoms with Crippen LogP contribution in [0.3, 0.4) is 0 Å². The summed E-state index contributed by atoms with van der Waals surface area (Å²) in [6.07, 6.45) is 19.0. The Balaban J connectivity index is 0.000000273. The van der Waals surface area contributed by atoms with Crippen LogP contribution >= 0.6 is 0 Å². The predicted molar refractivity (Wildman–Crippen MR) is 80.4 cm³/mol. The highest BCUT2D eigenvalue weighted by Crippen LogP contribution is 1.93. The van der Waals surface area contributed by atoms with Gasteiger partial charge in [0.2, 0.25) is 0 Å². The molecule has 108 valence electrons. The van der Waals surface area contributed by atoms with Gasteiger partial charge in [-0.15, -0.1) is 0 Å². The van der Waals surface area contributed by atoms with Gasteiger partial charge in [-0.25, -0.2) is 0 Å². The molecule has 0 atom stereocenters. The Morgan fingerprint density at radius 1 is 0.632 bits per heavy atom. The van der Waals surface area contributed by atoms with Crippen molar-refractivity contribution in [1.29, 1.82) is 0 Å². The van der Waals surface area contributed by atoms with Crippen LogP contribution in [0.1, 0.15) is 12.8 Å². The van der Waals surface area contributed by atoms with Crippen molar-refractivity contribution >= 4 is 0 Å². The van der Waals surface area contributed by atoms with Crippen LogP contribution in [0.25, 0.3) is 0 Å². The molecular weight excluding hydrogens is 240 g/mol. The predicted octanol–water partition coefficient (Wildman–Crippen LogP) is 3.30. The topological polar surface area (TPSA) is 27.7 Å². The second-order valence-corrected chi connectivity index (χ2v) is 3.78. The van der Waals surface area contributed by atoms with Crippen molar-refractivity contribution in [2.75, 3.05) is 40.6 Å². The standard InChI is InChI=1S/C6H14O3.2C5H6/c1-7-3-5-9-6-4-8-2;2*1-2-4-5-3-1/h3-6H2,1-2H3;2*1-4H,5H2. The highest BCUT2D eigenvalue weighted by Gasteiger charge is 1.84. The van der Waals surface area contributed by atoms with Crippen LogP contribution in [0.15, 0.2) is 48.6 Å². The van der Waals surface area contributed by atoms with Crippen LogP contribution in [0.2, 0.25) is 0 Å². The van der Waals surface area contributed by atoms with E-state index in [0.29, 0.717) is 26.4 Å². The molecule has 2 aliphatic carbocycles. The summed E-state index contributed by atoms with van der Waals surface area (Å²) in [5.74, 6) is 0. The average molecular weight is 266 g/mol. The molecule has 0 spiro atoms. The first-order valence-corrected chi connectivity index (χ1v) is 6.60. The van der Waals surface area contributed by atoms with Gasteiger partial charge in [0.1, 0.15) is 0 Å². The molecule has 0 saturated carbocycles. The summed E-state index contributed by atoms with van der Waals surface area (Å²) < 4.78 is 14.6. The lowest BCUT2D eigenvalue weighted by atomic mass is 10.5. The fourth-order valence-electron chi connectivity index (χ4n) is 1.17. The lowest BCUT2D eigenvalue weighted by molar-refractivity contribution is 0.0385. The monoisotopic (exact) mass is 266 g/mol. The van der Waals surface area contributed by atoms with Gasteiger partial charge in [0.25, 0.3) is 0 Å². The van der Waals surface area contributed by atoms with Crippen molar-refractivity contribution in [3.8, 4) is 0 Å². The van der Waals surface area contributed by atoms with Crippen LogP contribution in [-0.2, 0) is 14.2 Å². The van der Waals surface area contributed by atoms with Crippen molar-refractivity contribution < 1.29 is 14.2 Å². The van der Waals surface area contributed by atoms with Crippen LogP contribution in [0.4, 0.5) is 0 Å². The summed E-state index contributed by atoms with van der Waals surface area (Å²) >= 11 is 0. The van der Waals surface area contributed by atoms with Crippen molar-refractivity contribution in [2.45, 2.75) is 12.8 Å². The normalized spacial score (nSPS) is 14.0. The molecule has 0 amide bonds. The Kier molecular flexibility index (Phi) is 15.8. The van der Waals surface area contributed by atoms with E-state index in [2.05, 4.69) is 48.6 Å². The lowest BCUT2D eigenvalue weighted by Gasteiger charge is -2.00. The van der Waals surface area contributed by atoms with Gasteiger partial charge in [0.15, 0.2) is 0 Å². The number of hydrogen-bond acceptors (Lipinski definition) is 3. The highest BCUT2D eigenvalue weighted by atomic mass is 16.5. The maximum atomic E-state index is 5.06. The van der Waals surface area contributed by atoms with Gasteiger partial charge in [-0.3, -0.25) is 0 Å². The number of methoxy groups -OCH3 is 2. The molecule has 19 heavy (non-hydrogen) atoms. The number of ether oxygens (including phenoxy) is 3. The van der Waals surface area contributed by atoms with E-state index in [0.717, 1.165) is 12.8 Å². The molecule has 0 aromatic carbocycles. The number of hydrogen-bond donors (Lipinski definition) is 0. The Bertz CT molecular complexity index is 230. The minimum absolute atomic E-state index is 0.653. The molecule has 3 heteroatoms. The third-order valence-corrected chi connectivity index (χ3v) is 2.17. The van der Waals surface area contributed by atoms with Crippen LogP contribution in [0.5, 0.6) is 0 Å². The maximum absolute atomic E-state index is 5.06. The lowest BCUT2D eigenvalue weighted by Crippen LogP contribution is -2.06. The van der Waals surface area contributed by atoms with E-state index in [4.69, 9.17) is 14.2 Å². The summed E-state index contributed by atoms with van der Waals surface area (Å²) in [7, 11) is 3.30. The first kappa shape index (κ1) is 17.8. The van der Waals surface area contributed by atoms with E-state index in [1.807, 2.05) is 0 Å². The van der Waals surface area contributed by atoms with Gasteiger partial charge in [0.05, 0.1) is 26.4 Å². The zero-order chi connectivity index (χ0) is 14.0. The molecule has 0 heterocycles. The maximum Gasteiger partial charge on any atom is 0.0701 e. The second kappa shape index (κ2) is 16.8. The summed E-state index contributed by atoms with van der Waals surface area (Å²) in [5.41, 5.74) is 0. The van der Waals surface area contributed by atoms with Crippen LogP contribution in [0, 0.1) is 0 Å². The quantitative estimate of drug-likeness (QED) is 0.690. The van der Waals surface area contributed by atoms with Crippen molar-refractivity contribution in [3.63, 3.8) is 0 Å². The molecule has 0 unspecified atom stereocenters. The summed E-state index contributed by atoms with van der Waals surface area (Å²) in [6.45, 7) is 2.62. The van der Waals surface area contributed by atoms with Gasteiger partial charge in [-0.05, 0) is 12.8 Å². The first-order valence-electron chi connectivity index (χ1n) is 6.60. The Morgan fingerprint density at radius 3 is 1.21 bits per heavy atom. The van der Waals surface area contributed by atoms with Gasteiger partial charge in [0, 0.05) is 14.2 Å². The van der Waals surface area contributed by atoms with E-state index in [9.17, 15) is 0 Å².